The van der Waals surface area contributed by atoms with Crippen LogP contribution in [0, 0.1) is 0 Å². The van der Waals surface area contributed by atoms with E-state index in [9.17, 15) is 0 Å². The molecule has 6 nitrogen and oxygen atoms in total. The van der Waals surface area contributed by atoms with Crippen molar-refractivity contribution in [2.24, 2.45) is 0 Å². The Morgan fingerprint density at radius 3 is 0.286 bits per heavy atom. The van der Waals surface area contributed by atoms with E-state index in [4.69, 9.17) is 0 Å². The zero-order valence-corrected chi connectivity index (χ0v) is 6.21. The molecule has 7 heavy (non-hydrogen) atoms. The molecule has 0 spiro atoms. The molecule has 0 aliphatic rings. The van der Waals surface area contributed by atoms with Crippen molar-refractivity contribution in [3.05, 3.63) is 0 Å². The summed E-state index contributed by atoms with van der Waals surface area (Å²) in [6.45, 7) is 0. The van der Waals surface area contributed by atoms with Gasteiger partial charge < -0.3 is 36.9 Å². The monoisotopic (exact) mass is 205 g/mol. The Labute approximate surface area is 57.1 Å². The molecule has 0 atom stereocenters. The minimum atomic E-state index is 0. The van der Waals surface area contributed by atoms with Gasteiger partial charge in [-0.2, -0.15) is 0 Å². The third-order valence-corrected chi connectivity index (χ3v) is 0. The summed E-state index contributed by atoms with van der Waals surface area (Å²) in [7, 11) is 0. The maximum absolute atomic E-state index is 0. The SMILES string of the molecule is N.N.N.N.N.N.[Rh+3]. The summed E-state index contributed by atoms with van der Waals surface area (Å²) in [5.74, 6) is 0. The molecule has 0 unspecified atom stereocenters. The molecule has 18 N–H and O–H groups in total. The van der Waals surface area contributed by atoms with Crippen molar-refractivity contribution in [3.63, 3.8) is 0 Å². The molecule has 0 aromatic carbocycles. The molecule has 0 aromatic heterocycles. The van der Waals surface area contributed by atoms with Gasteiger partial charge in [-0.25, -0.2) is 0 Å². The van der Waals surface area contributed by atoms with Gasteiger partial charge in [-0.15, -0.1) is 0 Å². The molecule has 0 rings (SSSR count). The number of hydrogen-bond acceptors (Lipinski definition) is 6. The topological polar surface area (TPSA) is 210 Å². The first-order valence-electron chi connectivity index (χ1n) is 0. The second-order valence-corrected chi connectivity index (χ2v) is 0. The van der Waals surface area contributed by atoms with E-state index in [1.54, 1.807) is 0 Å². The second-order valence-electron chi connectivity index (χ2n) is 0. The van der Waals surface area contributed by atoms with Crippen molar-refractivity contribution < 1.29 is 19.5 Å². The molecule has 0 aliphatic carbocycles. The van der Waals surface area contributed by atoms with E-state index < -0.39 is 0 Å². The van der Waals surface area contributed by atoms with E-state index in [0.29, 0.717) is 0 Å². The van der Waals surface area contributed by atoms with Gasteiger partial charge in [-0.05, 0) is 0 Å². The van der Waals surface area contributed by atoms with E-state index in [1.165, 1.54) is 0 Å². The Hall–Kier alpha value is 0.383. The fourth-order valence-electron chi connectivity index (χ4n) is 0. The van der Waals surface area contributed by atoms with Gasteiger partial charge in [-0.1, -0.05) is 0 Å². The summed E-state index contributed by atoms with van der Waals surface area (Å²) in [5.41, 5.74) is 0. The van der Waals surface area contributed by atoms with Gasteiger partial charge in [0.1, 0.15) is 0 Å². The van der Waals surface area contributed by atoms with Gasteiger partial charge in [0.2, 0.25) is 0 Å². The van der Waals surface area contributed by atoms with Crippen LogP contribution in [-0.4, -0.2) is 0 Å². The molecule has 0 fully saturated rings. The molecule has 0 saturated heterocycles. The predicted octanol–water partition coefficient (Wildman–Crippen LogP) is 0.969. The van der Waals surface area contributed by atoms with Crippen LogP contribution < -0.4 is 36.9 Å². The smallest absolute Gasteiger partial charge is 0.344 e. The molecular formula is H18N6Rh+3. The fraction of sp³-hybridized carbons (Fsp3) is 0. The maximum atomic E-state index is 0. The minimum absolute atomic E-state index is 0. The molecule has 0 radical (unpaired) electrons. The van der Waals surface area contributed by atoms with Crippen LogP contribution in [0.4, 0.5) is 0 Å². The molecule has 0 bridgehead atoms. The summed E-state index contributed by atoms with van der Waals surface area (Å²) in [6, 6.07) is 0. The summed E-state index contributed by atoms with van der Waals surface area (Å²) >= 11 is 0. The van der Waals surface area contributed by atoms with Crippen molar-refractivity contribution in [3.8, 4) is 0 Å². The largest absolute Gasteiger partial charge is 3.00 e. The summed E-state index contributed by atoms with van der Waals surface area (Å²) < 4.78 is 0. The summed E-state index contributed by atoms with van der Waals surface area (Å²) in [5, 5.41) is 0. The molecule has 0 aliphatic heterocycles. The average molecular weight is 205 g/mol. The molecule has 54 valence electrons. The van der Waals surface area contributed by atoms with Crippen molar-refractivity contribution in [1.29, 1.82) is 0 Å². The van der Waals surface area contributed by atoms with Crippen molar-refractivity contribution in [1.82, 2.24) is 36.9 Å². The molecular weight excluding hydrogens is 187 g/mol. The van der Waals surface area contributed by atoms with E-state index in [1.807, 2.05) is 0 Å². The summed E-state index contributed by atoms with van der Waals surface area (Å²) in [4.78, 5) is 0. The zero-order valence-electron chi connectivity index (χ0n) is 4.58. The normalized spacial score (nSPS) is 0. The molecule has 0 saturated carbocycles. The van der Waals surface area contributed by atoms with Gasteiger partial charge in [0.15, 0.2) is 0 Å². The Bertz CT molecular complexity index is 4.14. The van der Waals surface area contributed by atoms with Crippen LogP contribution in [-0.2, 0) is 19.5 Å². The maximum Gasteiger partial charge on any atom is 3.00 e. The summed E-state index contributed by atoms with van der Waals surface area (Å²) in [6.07, 6.45) is 0. The van der Waals surface area contributed by atoms with Crippen LogP contribution in [0.15, 0.2) is 0 Å². The standard InChI is InChI=1S/6H3N.Rh/h6*1H3;/q;;;;;;+3. The minimum Gasteiger partial charge on any atom is -0.344 e. The van der Waals surface area contributed by atoms with Crippen LogP contribution in [0.3, 0.4) is 0 Å². The Kier molecular flexibility index (Phi) is 368000. The van der Waals surface area contributed by atoms with Gasteiger partial charge >= 0.3 is 19.5 Å². The number of rotatable bonds is 0. The van der Waals surface area contributed by atoms with Crippen molar-refractivity contribution in [2.75, 3.05) is 0 Å². The Balaban J connectivity index is 0. The predicted molar refractivity (Wildman–Crippen MR) is 30.1 cm³/mol. The van der Waals surface area contributed by atoms with E-state index in [-0.39, 0.29) is 56.4 Å². The molecule has 0 aromatic rings. The molecule has 7 heteroatoms. The molecule has 0 heterocycles. The Morgan fingerprint density at radius 1 is 0.286 bits per heavy atom. The third kappa shape index (κ3) is 834. The first-order chi connectivity index (χ1) is 0. The van der Waals surface area contributed by atoms with Gasteiger partial charge in [0, 0.05) is 0 Å². The van der Waals surface area contributed by atoms with Crippen molar-refractivity contribution >= 4 is 0 Å². The van der Waals surface area contributed by atoms with Crippen LogP contribution in [0.5, 0.6) is 0 Å². The number of hydrogen-bond donors (Lipinski definition) is 6. The Morgan fingerprint density at radius 2 is 0.286 bits per heavy atom. The molecule has 0 amide bonds. The third-order valence-electron chi connectivity index (χ3n) is 0. The first-order valence-corrected chi connectivity index (χ1v) is 0. The zero-order chi connectivity index (χ0) is 0. The van der Waals surface area contributed by atoms with Gasteiger partial charge in [-0.3, -0.25) is 0 Å². The first kappa shape index (κ1) is 2050. The quantitative estimate of drug-likeness (QED) is 0.316. The fourth-order valence-corrected chi connectivity index (χ4v) is 0. The van der Waals surface area contributed by atoms with E-state index >= 15 is 0 Å². The van der Waals surface area contributed by atoms with Crippen LogP contribution in [0.2, 0.25) is 0 Å². The van der Waals surface area contributed by atoms with Gasteiger partial charge in [0.05, 0.1) is 0 Å². The average Bonchev–Trinajstić information content (AvgIpc) is 0. The van der Waals surface area contributed by atoms with Crippen LogP contribution in [0.1, 0.15) is 0 Å². The van der Waals surface area contributed by atoms with Gasteiger partial charge in [0.25, 0.3) is 0 Å². The van der Waals surface area contributed by atoms with Crippen LogP contribution >= 0.6 is 0 Å². The van der Waals surface area contributed by atoms with E-state index in [2.05, 4.69) is 0 Å². The van der Waals surface area contributed by atoms with E-state index in [0.717, 1.165) is 0 Å². The second kappa shape index (κ2) is 1260. The van der Waals surface area contributed by atoms with Crippen LogP contribution in [0.25, 0.3) is 0 Å². The van der Waals surface area contributed by atoms with Crippen molar-refractivity contribution in [2.45, 2.75) is 0 Å².